The Morgan fingerprint density at radius 1 is 1.15 bits per heavy atom. The van der Waals surface area contributed by atoms with Crippen molar-refractivity contribution in [1.82, 2.24) is 4.98 Å². The van der Waals surface area contributed by atoms with Gasteiger partial charge in [-0.3, -0.25) is 10.1 Å². The van der Waals surface area contributed by atoms with E-state index in [1.807, 2.05) is 12.3 Å². The average molecular weight is 401 g/mol. The summed E-state index contributed by atoms with van der Waals surface area (Å²) in [5, 5.41) is 5.97. The van der Waals surface area contributed by atoms with Gasteiger partial charge in [0.15, 0.2) is 11.2 Å². The number of nitrogens with zero attached hydrogens (tertiary/aromatic N) is 1. The summed E-state index contributed by atoms with van der Waals surface area (Å²) in [5.41, 5.74) is 5.18. The Hall–Kier alpha value is -2.37. The van der Waals surface area contributed by atoms with E-state index >= 15 is 0 Å². The van der Waals surface area contributed by atoms with Crippen molar-refractivity contribution in [2.24, 2.45) is 0 Å². The maximum Gasteiger partial charge on any atom is 0.266 e. The number of carbonyl (C=O) groups is 1. The van der Waals surface area contributed by atoms with E-state index in [1.54, 1.807) is 25.1 Å². The predicted molar refractivity (Wildman–Crippen MR) is 112 cm³/mol. The number of aryl methyl sites for hydroxylation is 3. The van der Waals surface area contributed by atoms with E-state index in [2.05, 4.69) is 42.3 Å². The van der Waals surface area contributed by atoms with Gasteiger partial charge in [-0.1, -0.05) is 35.4 Å². The van der Waals surface area contributed by atoms with Gasteiger partial charge in [-0.25, -0.2) is 4.98 Å². The molecular formula is C21H21ClN2O2S. The van der Waals surface area contributed by atoms with Gasteiger partial charge in [0.25, 0.3) is 5.91 Å². The molecule has 1 atom stereocenters. The number of rotatable bonds is 5. The minimum Gasteiger partial charge on any atom is -0.481 e. The molecule has 6 heteroatoms. The topological polar surface area (TPSA) is 51.2 Å². The predicted octanol–water partition coefficient (Wildman–Crippen LogP) is 5.79. The molecule has 140 valence electrons. The van der Waals surface area contributed by atoms with Crippen molar-refractivity contribution >= 4 is 34.0 Å². The Bertz CT molecular complexity index is 984. The molecule has 0 saturated heterocycles. The number of halogens is 1. The summed E-state index contributed by atoms with van der Waals surface area (Å²) in [4.78, 5) is 17.0. The fourth-order valence-electron chi connectivity index (χ4n) is 2.75. The maximum atomic E-state index is 12.5. The number of anilines is 1. The molecular weight excluding hydrogens is 380 g/mol. The summed E-state index contributed by atoms with van der Waals surface area (Å²) in [6.45, 7) is 7.72. The van der Waals surface area contributed by atoms with Crippen molar-refractivity contribution in [3.8, 4) is 17.0 Å². The zero-order chi connectivity index (χ0) is 19.6. The highest BCUT2D eigenvalue weighted by Gasteiger charge is 2.18. The van der Waals surface area contributed by atoms with Crippen LogP contribution in [0.25, 0.3) is 11.3 Å². The van der Waals surface area contributed by atoms with Crippen LogP contribution in [0.1, 0.15) is 23.6 Å². The maximum absolute atomic E-state index is 12.5. The zero-order valence-corrected chi connectivity index (χ0v) is 17.2. The van der Waals surface area contributed by atoms with Gasteiger partial charge in [0.05, 0.1) is 5.69 Å². The van der Waals surface area contributed by atoms with Gasteiger partial charge < -0.3 is 4.74 Å². The quantitative estimate of drug-likeness (QED) is 0.589. The summed E-state index contributed by atoms with van der Waals surface area (Å²) in [6.07, 6.45) is -0.654. The highest BCUT2D eigenvalue weighted by Crippen LogP contribution is 2.28. The summed E-state index contributed by atoms with van der Waals surface area (Å²) >= 11 is 7.35. The number of nitrogens with one attached hydrogen (secondary N) is 1. The Morgan fingerprint density at radius 2 is 1.93 bits per heavy atom. The van der Waals surface area contributed by atoms with Crippen LogP contribution in [0.15, 0.2) is 41.8 Å². The minimum absolute atomic E-state index is 0.245. The standard InChI is InChI=1S/C21H21ClN2O2S/c1-12-5-7-17(13(2)9-12)18-11-27-21(23-18)24-20(25)15(4)26-19-8-6-16(22)10-14(19)3/h5-11,15H,1-4H3,(H,23,24,25). The lowest BCUT2D eigenvalue weighted by atomic mass is 10.0. The second kappa shape index (κ2) is 8.11. The number of thiazole rings is 1. The van der Waals surface area contributed by atoms with Crippen LogP contribution in [-0.2, 0) is 4.79 Å². The molecule has 0 bridgehead atoms. The van der Waals surface area contributed by atoms with Crippen LogP contribution in [0.3, 0.4) is 0 Å². The van der Waals surface area contributed by atoms with Crippen molar-refractivity contribution in [2.75, 3.05) is 5.32 Å². The first-order chi connectivity index (χ1) is 12.8. The van der Waals surface area contributed by atoms with Crippen LogP contribution in [0.4, 0.5) is 5.13 Å². The lowest BCUT2D eigenvalue weighted by Crippen LogP contribution is -2.30. The third-order valence-electron chi connectivity index (χ3n) is 4.20. The first-order valence-corrected chi connectivity index (χ1v) is 9.86. The van der Waals surface area contributed by atoms with E-state index in [9.17, 15) is 4.79 Å². The monoisotopic (exact) mass is 400 g/mol. The van der Waals surface area contributed by atoms with E-state index in [4.69, 9.17) is 16.3 Å². The Balaban J connectivity index is 1.68. The molecule has 0 spiro atoms. The molecule has 0 aliphatic heterocycles. The Kier molecular flexibility index (Phi) is 5.82. The second-order valence-electron chi connectivity index (χ2n) is 6.52. The lowest BCUT2D eigenvalue weighted by molar-refractivity contribution is -0.122. The molecule has 27 heavy (non-hydrogen) atoms. The number of carbonyl (C=O) groups excluding carboxylic acids is 1. The van der Waals surface area contributed by atoms with E-state index < -0.39 is 6.10 Å². The number of hydrogen-bond acceptors (Lipinski definition) is 4. The van der Waals surface area contributed by atoms with Crippen molar-refractivity contribution in [3.63, 3.8) is 0 Å². The van der Waals surface area contributed by atoms with Crippen LogP contribution < -0.4 is 10.1 Å². The molecule has 1 aromatic heterocycles. The van der Waals surface area contributed by atoms with Crippen molar-refractivity contribution in [2.45, 2.75) is 33.8 Å². The zero-order valence-electron chi connectivity index (χ0n) is 15.7. The average Bonchev–Trinajstić information content (AvgIpc) is 3.05. The van der Waals surface area contributed by atoms with Crippen LogP contribution in [0.2, 0.25) is 5.02 Å². The summed E-state index contributed by atoms with van der Waals surface area (Å²) in [5.74, 6) is 0.392. The molecule has 1 heterocycles. The van der Waals surface area contributed by atoms with Crippen LogP contribution in [0.5, 0.6) is 5.75 Å². The van der Waals surface area contributed by atoms with Crippen molar-refractivity contribution in [3.05, 3.63) is 63.5 Å². The number of hydrogen-bond donors (Lipinski definition) is 1. The molecule has 1 N–H and O–H groups in total. The van der Waals surface area contributed by atoms with Crippen molar-refractivity contribution < 1.29 is 9.53 Å². The first kappa shape index (κ1) is 19.4. The van der Waals surface area contributed by atoms with Gasteiger partial charge in [0.2, 0.25) is 0 Å². The van der Waals surface area contributed by atoms with Gasteiger partial charge in [-0.05, 0) is 57.0 Å². The molecule has 4 nitrogen and oxygen atoms in total. The molecule has 0 fully saturated rings. The SMILES string of the molecule is Cc1ccc(-c2csc(NC(=O)C(C)Oc3ccc(Cl)cc3C)n2)c(C)c1. The second-order valence-corrected chi connectivity index (χ2v) is 7.81. The van der Waals surface area contributed by atoms with E-state index in [0.717, 1.165) is 22.4 Å². The normalized spacial score (nSPS) is 11.9. The fourth-order valence-corrected chi connectivity index (χ4v) is 3.69. The number of aromatic nitrogens is 1. The molecule has 0 radical (unpaired) electrons. The van der Waals surface area contributed by atoms with Crippen LogP contribution in [-0.4, -0.2) is 17.0 Å². The number of benzene rings is 2. The fraction of sp³-hybridized carbons (Fsp3) is 0.238. The smallest absolute Gasteiger partial charge is 0.266 e. The number of ether oxygens (including phenoxy) is 1. The van der Waals surface area contributed by atoms with Gasteiger partial charge in [-0.15, -0.1) is 11.3 Å². The lowest BCUT2D eigenvalue weighted by Gasteiger charge is -2.15. The molecule has 3 aromatic rings. The molecule has 1 unspecified atom stereocenters. The van der Waals surface area contributed by atoms with Gasteiger partial charge >= 0.3 is 0 Å². The van der Waals surface area contributed by atoms with Gasteiger partial charge in [0.1, 0.15) is 5.75 Å². The highest BCUT2D eigenvalue weighted by molar-refractivity contribution is 7.14. The molecule has 0 saturated carbocycles. The molecule has 1 amide bonds. The van der Waals surface area contributed by atoms with E-state index in [1.165, 1.54) is 16.9 Å². The van der Waals surface area contributed by atoms with Gasteiger partial charge in [0, 0.05) is 16.0 Å². The molecule has 3 rings (SSSR count). The minimum atomic E-state index is -0.654. The largest absolute Gasteiger partial charge is 0.481 e. The molecule has 2 aromatic carbocycles. The summed E-state index contributed by atoms with van der Waals surface area (Å²) < 4.78 is 5.76. The molecule has 0 aliphatic rings. The number of amides is 1. The van der Waals surface area contributed by atoms with Crippen LogP contribution in [0, 0.1) is 20.8 Å². The summed E-state index contributed by atoms with van der Waals surface area (Å²) in [7, 11) is 0. The van der Waals surface area contributed by atoms with Crippen molar-refractivity contribution in [1.29, 1.82) is 0 Å². The summed E-state index contributed by atoms with van der Waals surface area (Å²) in [6, 6.07) is 11.6. The molecule has 0 aliphatic carbocycles. The Labute approximate surface area is 168 Å². The van der Waals surface area contributed by atoms with Crippen LogP contribution >= 0.6 is 22.9 Å². The Morgan fingerprint density at radius 3 is 2.63 bits per heavy atom. The van der Waals surface area contributed by atoms with Gasteiger partial charge in [-0.2, -0.15) is 0 Å². The van der Waals surface area contributed by atoms with E-state index in [0.29, 0.717) is 15.9 Å². The highest BCUT2D eigenvalue weighted by atomic mass is 35.5. The van der Waals surface area contributed by atoms with E-state index in [-0.39, 0.29) is 5.91 Å². The third kappa shape index (κ3) is 4.67. The third-order valence-corrected chi connectivity index (χ3v) is 5.19. The first-order valence-electron chi connectivity index (χ1n) is 8.60.